The van der Waals surface area contributed by atoms with Gasteiger partial charge < -0.3 is 10.1 Å². The summed E-state index contributed by atoms with van der Waals surface area (Å²) in [5, 5.41) is 3.60. The number of likely N-dealkylation sites (N-methyl/N-ethyl adjacent to an activating group) is 1. The van der Waals surface area contributed by atoms with Crippen molar-refractivity contribution in [3.8, 4) is 0 Å². The maximum Gasteiger partial charge on any atom is 0.0641 e. The van der Waals surface area contributed by atoms with Gasteiger partial charge in [-0.1, -0.05) is 6.92 Å². The monoisotopic (exact) mass is 240 g/mol. The van der Waals surface area contributed by atoms with Crippen LogP contribution >= 0.6 is 0 Å². The maximum atomic E-state index is 5.82. The lowest BCUT2D eigenvalue weighted by molar-refractivity contribution is -0.0866. The van der Waals surface area contributed by atoms with Gasteiger partial charge in [0.05, 0.1) is 5.60 Å². The minimum Gasteiger partial charge on any atom is -0.375 e. The average molecular weight is 240 g/mol. The van der Waals surface area contributed by atoms with Gasteiger partial charge in [-0.2, -0.15) is 0 Å². The van der Waals surface area contributed by atoms with Crippen LogP contribution in [0.1, 0.15) is 46.5 Å². The highest BCUT2D eigenvalue weighted by molar-refractivity contribution is 4.88. The Hall–Kier alpha value is -0.120. The van der Waals surface area contributed by atoms with Gasteiger partial charge in [-0.05, 0) is 52.6 Å². The minimum absolute atomic E-state index is 0.0774. The summed E-state index contributed by atoms with van der Waals surface area (Å²) in [5.41, 5.74) is 0.0774. The molecule has 100 valence electrons. The van der Waals surface area contributed by atoms with Crippen molar-refractivity contribution in [2.75, 3.05) is 26.2 Å². The molecule has 2 heterocycles. The molecule has 0 aromatic carbocycles. The molecule has 2 atom stereocenters. The number of piperidine rings is 1. The predicted molar refractivity (Wildman–Crippen MR) is 71.3 cm³/mol. The standard InChI is InChI=1S/C14H28N2O/c1-4-15-12-6-5-8-16(11-12)13-7-9-17-14(2,3)10-13/h12-13,15H,4-11H2,1-3H3. The van der Waals surface area contributed by atoms with E-state index < -0.39 is 0 Å². The molecule has 2 saturated heterocycles. The summed E-state index contributed by atoms with van der Waals surface area (Å²) >= 11 is 0. The second-order valence-corrected chi connectivity index (χ2v) is 6.15. The molecule has 2 rings (SSSR count). The van der Waals surface area contributed by atoms with Gasteiger partial charge in [0.15, 0.2) is 0 Å². The van der Waals surface area contributed by atoms with E-state index in [-0.39, 0.29) is 5.60 Å². The summed E-state index contributed by atoms with van der Waals surface area (Å²) in [6.07, 6.45) is 5.08. The molecule has 0 aliphatic carbocycles. The number of nitrogens with zero attached hydrogens (tertiary/aromatic N) is 1. The first-order valence-electron chi connectivity index (χ1n) is 7.22. The lowest BCUT2D eigenvalue weighted by Gasteiger charge is -2.44. The first-order valence-corrected chi connectivity index (χ1v) is 7.22. The van der Waals surface area contributed by atoms with Crippen LogP contribution in [0.25, 0.3) is 0 Å². The highest BCUT2D eigenvalue weighted by atomic mass is 16.5. The Morgan fingerprint density at radius 3 is 2.88 bits per heavy atom. The van der Waals surface area contributed by atoms with Crippen LogP contribution in [0, 0.1) is 0 Å². The van der Waals surface area contributed by atoms with Gasteiger partial charge in [-0.25, -0.2) is 0 Å². The Balaban J connectivity index is 1.88. The van der Waals surface area contributed by atoms with Crippen molar-refractivity contribution in [2.45, 2.75) is 64.1 Å². The molecule has 0 amide bonds. The van der Waals surface area contributed by atoms with Crippen LogP contribution in [0.2, 0.25) is 0 Å². The molecule has 0 aromatic rings. The highest BCUT2D eigenvalue weighted by Crippen LogP contribution is 2.29. The van der Waals surface area contributed by atoms with Crippen molar-refractivity contribution < 1.29 is 4.74 Å². The van der Waals surface area contributed by atoms with E-state index in [4.69, 9.17) is 4.74 Å². The zero-order chi connectivity index (χ0) is 12.3. The number of ether oxygens (including phenoxy) is 1. The molecule has 2 aliphatic heterocycles. The molecule has 1 N–H and O–H groups in total. The second-order valence-electron chi connectivity index (χ2n) is 6.15. The van der Waals surface area contributed by atoms with Gasteiger partial charge in [0.25, 0.3) is 0 Å². The number of hydrogen-bond donors (Lipinski definition) is 1. The predicted octanol–water partition coefficient (Wildman–Crippen LogP) is 2.02. The minimum atomic E-state index is 0.0774. The molecule has 3 heteroatoms. The van der Waals surface area contributed by atoms with Gasteiger partial charge in [0, 0.05) is 25.2 Å². The summed E-state index contributed by atoms with van der Waals surface area (Å²) in [7, 11) is 0. The van der Waals surface area contributed by atoms with Crippen molar-refractivity contribution in [3.05, 3.63) is 0 Å². The van der Waals surface area contributed by atoms with E-state index in [9.17, 15) is 0 Å². The zero-order valence-corrected chi connectivity index (χ0v) is 11.7. The molecular formula is C14H28N2O. The molecular weight excluding hydrogens is 212 g/mol. The molecule has 0 bridgehead atoms. The summed E-state index contributed by atoms with van der Waals surface area (Å²) in [5.74, 6) is 0. The third-order valence-electron chi connectivity index (χ3n) is 4.13. The third kappa shape index (κ3) is 3.67. The van der Waals surface area contributed by atoms with E-state index in [1.54, 1.807) is 0 Å². The quantitative estimate of drug-likeness (QED) is 0.817. The zero-order valence-electron chi connectivity index (χ0n) is 11.7. The Labute approximate surface area is 106 Å². The smallest absolute Gasteiger partial charge is 0.0641 e. The van der Waals surface area contributed by atoms with Crippen molar-refractivity contribution in [2.24, 2.45) is 0 Å². The summed E-state index contributed by atoms with van der Waals surface area (Å²) in [6, 6.07) is 1.44. The molecule has 0 radical (unpaired) electrons. The van der Waals surface area contributed by atoms with Crippen molar-refractivity contribution in [1.82, 2.24) is 10.2 Å². The normalized spacial score (nSPS) is 34.8. The van der Waals surface area contributed by atoms with E-state index in [2.05, 4.69) is 31.0 Å². The first-order chi connectivity index (χ1) is 8.11. The molecule has 3 nitrogen and oxygen atoms in total. The number of nitrogens with one attached hydrogen (secondary N) is 1. The van der Waals surface area contributed by atoms with Crippen LogP contribution in [0.4, 0.5) is 0 Å². The van der Waals surface area contributed by atoms with Gasteiger partial charge in [-0.15, -0.1) is 0 Å². The summed E-state index contributed by atoms with van der Waals surface area (Å²) < 4.78 is 5.82. The Kier molecular flexibility index (Phi) is 4.45. The largest absolute Gasteiger partial charge is 0.375 e. The number of hydrogen-bond acceptors (Lipinski definition) is 3. The van der Waals surface area contributed by atoms with Gasteiger partial charge in [0.1, 0.15) is 0 Å². The number of rotatable bonds is 3. The van der Waals surface area contributed by atoms with Crippen LogP contribution in [0.15, 0.2) is 0 Å². The van der Waals surface area contributed by atoms with E-state index in [1.807, 2.05) is 0 Å². The lowest BCUT2D eigenvalue weighted by Crippen LogP contribution is -2.53. The van der Waals surface area contributed by atoms with E-state index in [0.717, 1.165) is 19.2 Å². The molecule has 0 aromatic heterocycles. The number of likely N-dealkylation sites (tertiary alicyclic amines) is 1. The molecule has 0 spiro atoms. The van der Waals surface area contributed by atoms with Crippen LogP contribution in [0.3, 0.4) is 0 Å². The fourth-order valence-electron chi connectivity index (χ4n) is 3.30. The van der Waals surface area contributed by atoms with Crippen molar-refractivity contribution >= 4 is 0 Å². The van der Waals surface area contributed by atoms with E-state index in [1.165, 1.54) is 38.8 Å². The Bertz CT molecular complexity index is 240. The van der Waals surface area contributed by atoms with Crippen LogP contribution in [-0.4, -0.2) is 48.8 Å². The van der Waals surface area contributed by atoms with Gasteiger partial charge in [-0.3, -0.25) is 4.90 Å². The summed E-state index contributed by atoms with van der Waals surface area (Å²) in [6.45, 7) is 11.2. The van der Waals surface area contributed by atoms with Crippen LogP contribution in [0.5, 0.6) is 0 Å². The van der Waals surface area contributed by atoms with Gasteiger partial charge >= 0.3 is 0 Å². The molecule has 2 aliphatic rings. The Morgan fingerprint density at radius 1 is 1.35 bits per heavy atom. The Morgan fingerprint density at radius 2 is 2.18 bits per heavy atom. The molecule has 17 heavy (non-hydrogen) atoms. The van der Waals surface area contributed by atoms with Crippen LogP contribution in [-0.2, 0) is 4.74 Å². The third-order valence-corrected chi connectivity index (χ3v) is 4.13. The second kappa shape index (κ2) is 5.68. The van der Waals surface area contributed by atoms with E-state index >= 15 is 0 Å². The van der Waals surface area contributed by atoms with Crippen molar-refractivity contribution in [3.63, 3.8) is 0 Å². The molecule has 0 saturated carbocycles. The van der Waals surface area contributed by atoms with E-state index in [0.29, 0.717) is 6.04 Å². The summed E-state index contributed by atoms with van der Waals surface area (Å²) in [4.78, 5) is 2.70. The first kappa shape index (κ1) is 13.3. The molecule has 2 unspecified atom stereocenters. The average Bonchev–Trinajstić information content (AvgIpc) is 2.28. The van der Waals surface area contributed by atoms with Gasteiger partial charge in [0.2, 0.25) is 0 Å². The highest BCUT2D eigenvalue weighted by Gasteiger charge is 2.34. The fraction of sp³-hybridized carbons (Fsp3) is 1.00. The molecule has 2 fully saturated rings. The van der Waals surface area contributed by atoms with Crippen molar-refractivity contribution in [1.29, 1.82) is 0 Å². The maximum absolute atomic E-state index is 5.82. The van der Waals surface area contributed by atoms with Crippen LogP contribution < -0.4 is 5.32 Å². The SMILES string of the molecule is CCNC1CCCN(C2CCOC(C)(C)C2)C1. The lowest BCUT2D eigenvalue weighted by atomic mass is 9.91. The fourth-order valence-corrected chi connectivity index (χ4v) is 3.30. The topological polar surface area (TPSA) is 24.5 Å².